The van der Waals surface area contributed by atoms with Gasteiger partial charge in [0.2, 0.25) is 0 Å². The van der Waals surface area contributed by atoms with E-state index in [0.29, 0.717) is 23.6 Å². The van der Waals surface area contributed by atoms with Crippen LogP contribution in [0.3, 0.4) is 0 Å². The molecular formula is C14H19N3O3S. The van der Waals surface area contributed by atoms with Crippen molar-refractivity contribution in [2.24, 2.45) is 0 Å². The van der Waals surface area contributed by atoms with Gasteiger partial charge in [0.15, 0.2) is 0 Å². The number of likely N-dealkylation sites (tertiary alicyclic amines) is 1. The first kappa shape index (κ1) is 15.8. The summed E-state index contributed by atoms with van der Waals surface area (Å²) >= 11 is 1.38. The minimum atomic E-state index is -0.956. The molecule has 0 aromatic carbocycles. The molecule has 0 saturated carbocycles. The maximum Gasteiger partial charge on any atom is 0.326 e. The molecule has 6 nitrogen and oxygen atoms in total. The first-order valence-corrected chi connectivity index (χ1v) is 7.87. The number of aromatic nitrogens is 1. The highest BCUT2D eigenvalue weighted by Crippen LogP contribution is 2.26. The number of hydrogen-bond donors (Lipinski definition) is 1. The molecule has 1 aromatic heterocycles. The molecule has 1 amide bonds. The van der Waals surface area contributed by atoms with Gasteiger partial charge in [0.25, 0.3) is 5.91 Å². The quantitative estimate of drug-likeness (QED) is 0.838. The molecule has 114 valence electrons. The SMILES string of the molecule is CSc1ncccc1C(=O)N1C[C@H](N(C)C)C[C@H]1C(=O)O. The monoisotopic (exact) mass is 309 g/mol. The van der Waals surface area contributed by atoms with Crippen LogP contribution in [-0.2, 0) is 4.79 Å². The molecule has 1 saturated heterocycles. The molecule has 1 fully saturated rings. The van der Waals surface area contributed by atoms with E-state index in [1.165, 1.54) is 16.7 Å². The number of aliphatic carboxylic acids is 1. The molecule has 0 bridgehead atoms. The van der Waals surface area contributed by atoms with Gasteiger partial charge < -0.3 is 14.9 Å². The van der Waals surface area contributed by atoms with Crippen LogP contribution in [0.5, 0.6) is 0 Å². The van der Waals surface area contributed by atoms with Crippen LogP contribution in [0.15, 0.2) is 23.4 Å². The Balaban J connectivity index is 2.30. The summed E-state index contributed by atoms with van der Waals surface area (Å²) in [4.78, 5) is 31.7. The van der Waals surface area contributed by atoms with E-state index in [1.54, 1.807) is 18.3 Å². The molecular weight excluding hydrogens is 290 g/mol. The summed E-state index contributed by atoms with van der Waals surface area (Å²) in [7, 11) is 3.80. The van der Waals surface area contributed by atoms with Crippen LogP contribution in [0.1, 0.15) is 16.8 Å². The van der Waals surface area contributed by atoms with Crippen LogP contribution < -0.4 is 0 Å². The maximum atomic E-state index is 12.7. The second-order valence-corrected chi connectivity index (χ2v) is 6.02. The molecule has 0 spiro atoms. The van der Waals surface area contributed by atoms with Crippen molar-refractivity contribution in [1.82, 2.24) is 14.8 Å². The van der Waals surface area contributed by atoms with Crippen molar-refractivity contribution in [3.63, 3.8) is 0 Å². The second kappa shape index (κ2) is 6.44. The van der Waals surface area contributed by atoms with Gasteiger partial charge in [0.05, 0.1) is 5.56 Å². The van der Waals surface area contributed by atoms with Gasteiger partial charge in [-0.1, -0.05) is 0 Å². The van der Waals surface area contributed by atoms with E-state index in [0.717, 1.165) is 0 Å². The second-order valence-electron chi connectivity index (χ2n) is 5.22. The summed E-state index contributed by atoms with van der Waals surface area (Å²) in [6.45, 7) is 0.422. The van der Waals surface area contributed by atoms with Gasteiger partial charge in [0, 0.05) is 18.8 Å². The van der Waals surface area contributed by atoms with Crippen molar-refractivity contribution in [3.05, 3.63) is 23.9 Å². The number of nitrogens with zero attached hydrogens (tertiary/aromatic N) is 3. The van der Waals surface area contributed by atoms with Crippen LogP contribution in [0.25, 0.3) is 0 Å². The highest BCUT2D eigenvalue weighted by molar-refractivity contribution is 7.98. The molecule has 1 aromatic rings. The summed E-state index contributed by atoms with van der Waals surface area (Å²) in [5, 5.41) is 10.00. The molecule has 0 radical (unpaired) electrons. The van der Waals surface area contributed by atoms with Crippen LogP contribution in [0, 0.1) is 0 Å². The van der Waals surface area contributed by atoms with Crippen molar-refractivity contribution >= 4 is 23.6 Å². The fourth-order valence-electron chi connectivity index (χ4n) is 2.52. The number of carboxylic acid groups (broad SMARTS) is 1. The van der Waals surface area contributed by atoms with Crippen molar-refractivity contribution in [2.45, 2.75) is 23.5 Å². The Morgan fingerprint density at radius 2 is 2.19 bits per heavy atom. The summed E-state index contributed by atoms with van der Waals surface area (Å²) < 4.78 is 0. The highest BCUT2D eigenvalue weighted by Gasteiger charge is 2.41. The van der Waals surface area contributed by atoms with E-state index in [4.69, 9.17) is 0 Å². The van der Waals surface area contributed by atoms with E-state index in [2.05, 4.69) is 4.98 Å². The number of amides is 1. The number of likely N-dealkylation sites (N-methyl/N-ethyl adjacent to an activating group) is 1. The van der Waals surface area contributed by atoms with Gasteiger partial charge in [-0.2, -0.15) is 0 Å². The third kappa shape index (κ3) is 3.19. The number of pyridine rings is 1. The average Bonchev–Trinajstić information content (AvgIpc) is 2.92. The number of carbonyl (C=O) groups excluding carboxylic acids is 1. The number of carboxylic acids is 1. The molecule has 7 heteroatoms. The summed E-state index contributed by atoms with van der Waals surface area (Å²) in [5.74, 6) is -1.22. The van der Waals surface area contributed by atoms with Crippen molar-refractivity contribution < 1.29 is 14.7 Å². The summed E-state index contributed by atoms with van der Waals surface area (Å²) in [6, 6.07) is 2.68. The Hall–Kier alpha value is -1.60. The number of hydrogen-bond acceptors (Lipinski definition) is 5. The predicted molar refractivity (Wildman–Crippen MR) is 80.6 cm³/mol. The molecule has 0 aliphatic carbocycles. The number of rotatable bonds is 4. The lowest BCUT2D eigenvalue weighted by Gasteiger charge is -2.23. The zero-order valence-corrected chi connectivity index (χ0v) is 13.1. The topological polar surface area (TPSA) is 73.7 Å². The number of thioether (sulfide) groups is 1. The zero-order valence-electron chi connectivity index (χ0n) is 12.3. The lowest BCUT2D eigenvalue weighted by atomic mass is 10.1. The molecule has 0 unspecified atom stereocenters. The zero-order chi connectivity index (χ0) is 15.6. The Morgan fingerprint density at radius 1 is 1.48 bits per heavy atom. The first-order valence-electron chi connectivity index (χ1n) is 6.65. The normalized spacial score (nSPS) is 21.8. The van der Waals surface area contributed by atoms with E-state index < -0.39 is 12.0 Å². The van der Waals surface area contributed by atoms with Crippen molar-refractivity contribution in [1.29, 1.82) is 0 Å². The van der Waals surface area contributed by atoms with Gasteiger partial charge >= 0.3 is 5.97 Å². The van der Waals surface area contributed by atoms with Gasteiger partial charge in [-0.05, 0) is 38.9 Å². The Bertz CT molecular complexity index is 550. The van der Waals surface area contributed by atoms with E-state index in [1.807, 2.05) is 25.3 Å². The van der Waals surface area contributed by atoms with Crippen LogP contribution in [0.4, 0.5) is 0 Å². The Morgan fingerprint density at radius 3 is 2.76 bits per heavy atom. The fourth-order valence-corrected chi connectivity index (χ4v) is 3.06. The standard InChI is InChI=1S/C14H19N3O3S/c1-16(2)9-7-11(14(19)20)17(8-9)13(18)10-5-4-6-15-12(10)21-3/h4-6,9,11H,7-8H2,1-3H3,(H,19,20)/t9-,11+/m1/s1. The lowest BCUT2D eigenvalue weighted by Crippen LogP contribution is -2.41. The van der Waals surface area contributed by atoms with E-state index in [-0.39, 0.29) is 11.9 Å². The lowest BCUT2D eigenvalue weighted by molar-refractivity contribution is -0.141. The molecule has 2 atom stereocenters. The third-order valence-corrected chi connectivity index (χ3v) is 4.46. The molecule has 2 heterocycles. The molecule has 1 aliphatic heterocycles. The summed E-state index contributed by atoms with van der Waals surface area (Å²) in [6.07, 6.45) is 3.92. The van der Waals surface area contributed by atoms with Crippen LogP contribution >= 0.6 is 11.8 Å². The Labute approximate surface area is 128 Å². The largest absolute Gasteiger partial charge is 0.480 e. The number of carbonyl (C=O) groups is 2. The minimum absolute atomic E-state index is 0.0597. The third-order valence-electron chi connectivity index (χ3n) is 3.75. The average molecular weight is 309 g/mol. The van der Waals surface area contributed by atoms with E-state index >= 15 is 0 Å². The molecule has 21 heavy (non-hydrogen) atoms. The Kier molecular flexibility index (Phi) is 4.84. The maximum absolute atomic E-state index is 12.7. The van der Waals surface area contributed by atoms with E-state index in [9.17, 15) is 14.7 Å². The van der Waals surface area contributed by atoms with Gasteiger partial charge in [-0.3, -0.25) is 4.79 Å². The molecule has 2 rings (SSSR count). The van der Waals surface area contributed by atoms with Gasteiger partial charge in [-0.25, -0.2) is 9.78 Å². The smallest absolute Gasteiger partial charge is 0.326 e. The van der Waals surface area contributed by atoms with Gasteiger partial charge in [-0.15, -0.1) is 11.8 Å². The fraction of sp³-hybridized carbons (Fsp3) is 0.500. The van der Waals surface area contributed by atoms with Crippen molar-refractivity contribution in [3.8, 4) is 0 Å². The van der Waals surface area contributed by atoms with Crippen molar-refractivity contribution in [2.75, 3.05) is 26.9 Å². The highest BCUT2D eigenvalue weighted by atomic mass is 32.2. The van der Waals surface area contributed by atoms with Crippen LogP contribution in [0.2, 0.25) is 0 Å². The minimum Gasteiger partial charge on any atom is -0.480 e. The first-order chi connectivity index (χ1) is 9.95. The molecule has 1 aliphatic rings. The summed E-state index contributed by atoms with van der Waals surface area (Å²) in [5.41, 5.74) is 0.468. The van der Waals surface area contributed by atoms with Gasteiger partial charge in [0.1, 0.15) is 11.1 Å². The van der Waals surface area contributed by atoms with Crippen LogP contribution in [-0.4, -0.2) is 70.7 Å². The predicted octanol–water partition coefficient (Wildman–Crippen LogP) is 1.03. The molecule has 1 N–H and O–H groups in total.